The summed E-state index contributed by atoms with van der Waals surface area (Å²) in [5.74, 6) is 0. The Hall–Kier alpha value is -0.212. The van der Waals surface area contributed by atoms with Gasteiger partial charge in [-0.25, -0.2) is 0 Å². The molecule has 0 amide bonds. The molecule has 2 heteroatoms. The molecule has 0 bridgehead atoms. The van der Waals surface area contributed by atoms with Gasteiger partial charge in [-0.1, -0.05) is 7.05 Å². The van der Waals surface area contributed by atoms with Gasteiger partial charge in [0.1, 0.15) is 0 Å². The summed E-state index contributed by atoms with van der Waals surface area (Å²) < 4.78 is 0. The van der Waals surface area contributed by atoms with E-state index in [1.54, 1.807) is 6.08 Å². The van der Waals surface area contributed by atoms with Crippen molar-refractivity contribution < 1.29 is 21.1 Å². The van der Waals surface area contributed by atoms with Crippen LogP contribution in [0.5, 0.6) is 0 Å². The molecule has 0 radical (unpaired) electrons. The fourth-order valence-corrected chi connectivity index (χ4v) is 0. The first-order valence-corrected chi connectivity index (χ1v) is 1.86. The molecular weight excluding hydrogens is 270 g/mol. The van der Waals surface area contributed by atoms with Gasteiger partial charge >= 0.3 is 21.1 Å². The smallest absolute Gasteiger partial charge is 0.464 e. The normalized spacial score (nSPS) is 4.00. The van der Waals surface area contributed by atoms with Crippen LogP contribution in [0.2, 0.25) is 0 Å². The van der Waals surface area contributed by atoms with Crippen molar-refractivity contribution in [1.82, 2.24) is 0 Å². The Labute approximate surface area is 65.9 Å². The minimum atomic E-state index is 0. The predicted octanol–water partition coefficient (Wildman–Crippen LogP) is 2.09. The minimum absolute atomic E-state index is 0. The molecule has 0 aliphatic rings. The maximum absolute atomic E-state index is 5.72. The molecule has 0 rings (SSSR count). The Morgan fingerprint density at radius 3 is 1.88 bits per heavy atom. The largest absolute Gasteiger partial charge is 2.00 e. The number of hydrogen-bond donors (Lipinski definition) is 0. The van der Waals surface area contributed by atoms with E-state index in [2.05, 4.69) is 25.4 Å². The fraction of sp³-hybridized carbons (Fsp3) is 0.167. The Morgan fingerprint density at radius 2 is 1.88 bits per heavy atom. The van der Waals surface area contributed by atoms with Crippen LogP contribution in [0.25, 0.3) is 4.85 Å². The van der Waals surface area contributed by atoms with E-state index in [1.165, 1.54) is 0 Å². The summed E-state index contributed by atoms with van der Waals surface area (Å²) in [5, 5.41) is 0. The second-order valence-corrected chi connectivity index (χ2v) is 0.735. The monoisotopic (exact) mass is 279 g/mol. The van der Waals surface area contributed by atoms with Crippen LogP contribution >= 0.6 is 0 Å². The van der Waals surface area contributed by atoms with Crippen LogP contribution in [-0.4, -0.2) is 0 Å². The van der Waals surface area contributed by atoms with Crippen molar-refractivity contribution in [3.05, 3.63) is 38.0 Å². The van der Waals surface area contributed by atoms with Crippen LogP contribution in [0.1, 0.15) is 6.42 Å². The number of nitrogens with zero attached hydrogens (tertiary/aromatic N) is 1. The van der Waals surface area contributed by atoms with E-state index in [0.29, 0.717) is 0 Å². The van der Waals surface area contributed by atoms with E-state index in [1.807, 2.05) is 0 Å². The molecule has 0 aromatic heterocycles. The molecule has 0 spiro atoms. The predicted molar refractivity (Wildman–Crippen MR) is 32.1 cm³/mol. The van der Waals surface area contributed by atoms with E-state index >= 15 is 0 Å². The van der Waals surface area contributed by atoms with Gasteiger partial charge in [0.15, 0.2) is 0 Å². The molecule has 8 heavy (non-hydrogen) atoms. The molecule has 0 saturated carbocycles. The first kappa shape index (κ1) is 15.7. The van der Waals surface area contributed by atoms with Crippen LogP contribution in [0.15, 0.2) is 12.7 Å². The number of allylic oxidation sites excluding steroid dienone is 1. The summed E-state index contributed by atoms with van der Waals surface area (Å²) in [4.78, 5) is 2.50. The molecule has 0 aliphatic carbocycles. The summed E-state index contributed by atoms with van der Waals surface area (Å²) in [7, 11) is 2.78. The summed E-state index contributed by atoms with van der Waals surface area (Å²) in [6, 6.07) is 0. The molecule has 44 valence electrons. The van der Waals surface area contributed by atoms with Gasteiger partial charge in [0.25, 0.3) is 0 Å². The van der Waals surface area contributed by atoms with Gasteiger partial charge in [-0.05, 0) is 0 Å². The standard InChI is InChI=1S/C4H7.C2H2N.W/c1-3-4-2;1-3-2;/h3H,1-2,4H2;1H2;/q2*-1;+2. The van der Waals surface area contributed by atoms with Gasteiger partial charge in [0.05, 0.1) is 0 Å². The molecular formula is C6H9NW. The van der Waals surface area contributed by atoms with Crippen molar-refractivity contribution >= 4 is 0 Å². The first-order valence-electron chi connectivity index (χ1n) is 1.86. The van der Waals surface area contributed by atoms with Crippen LogP contribution in [0, 0.1) is 20.5 Å². The van der Waals surface area contributed by atoms with Crippen molar-refractivity contribution in [2.45, 2.75) is 6.42 Å². The second kappa shape index (κ2) is 29.3. The van der Waals surface area contributed by atoms with E-state index in [0.717, 1.165) is 6.42 Å². The zero-order chi connectivity index (χ0) is 6.12. The Bertz CT molecular complexity index is 63.4. The third kappa shape index (κ3) is 214. The maximum Gasteiger partial charge on any atom is 2.00 e. The second-order valence-electron chi connectivity index (χ2n) is 0.735. The van der Waals surface area contributed by atoms with Crippen molar-refractivity contribution in [3.8, 4) is 0 Å². The van der Waals surface area contributed by atoms with Crippen molar-refractivity contribution in [2.24, 2.45) is 0 Å². The molecule has 0 fully saturated rings. The van der Waals surface area contributed by atoms with Gasteiger partial charge < -0.3 is 11.8 Å². The average molecular weight is 279 g/mol. The molecule has 0 heterocycles. The maximum atomic E-state index is 5.72. The van der Waals surface area contributed by atoms with Gasteiger partial charge in [-0.15, -0.1) is 12.7 Å². The molecule has 0 atom stereocenters. The molecule has 0 aliphatic heterocycles. The van der Waals surface area contributed by atoms with Crippen molar-refractivity contribution in [3.63, 3.8) is 0 Å². The molecule has 0 aromatic rings. The summed E-state index contributed by atoms with van der Waals surface area (Å²) >= 11 is 0. The Kier molecular flexibility index (Phi) is 57.2. The third-order valence-electron chi connectivity index (χ3n) is 0.204. The van der Waals surface area contributed by atoms with Crippen LogP contribution in [-0.2, 0) is 21.1 Å². The quantitative estimate of drug-likeness (QED) is 0.511. The molecule has 0 unspecified atom stereocenters. The fourth-order valence-electron chi connectivity index (χ4n) is 0. The summed E-state index contributed by atoms with van der Waals surface area (Å²) in [5.41, 5.74) is 0. The molecule has 0 aromatic carbocycles. The van der Waals surface area contributed by atoms with Gasteiger partial charge in [-0.3, -0.25) is 6.57 Å². The molecule has 1 nitrogen and oxygen atoms in total. The number of hydrogen-bond acceptors (Lipinski definition) is 0. The van der Waals surface area contributed by atoms with Gasteiger partial charge in [-0.2, -0.15) is 6.42 Å². The van der Waals surface area contributed by atoms with Crippen molar-refractivity contribution in [1.29, 1.82) is 0 Å². The molecule has 0 N–H and O–H groups in total. The Morgan fingerprint density at radius 1 is 1.75 bits per heavy atom. The SMILES string of the molecule is C=CC[CH2-].[C-]#[N+][CH2-].[W+2]. The first-order chi connectivity index (χ1) is 3.33. The van der Waals surface area contributed by atoms with Crippen molar-refractivity contribution in [2.75, 3.05) is 0 Å². The zero-order valence-electron chi connectivity index (χ0n) is 4.76. The number of rotatable bonds is 1. The van der Waals surface area contributed by atoms with Gasteiger partial charge in [0.2, 0.25) is 0 Å². The zero-order valence-corrected chi connectivity index (χ0v) is 7.69. The Balaban J connectivity index is -0.0000000575. The van der Waals surface area contributed by atoms with Crippen LogP contribution in [0.3, 0.4) is 0 Å². The van der Waals surface area contributed by atoms with Crippen LogP contribution in [0.4, 0.5) is 0 Å². The van der Waals surface area contributed by atoms with E-state index in [-0.39, 0.29) is 21.1 Å². The average Bonchev–Trinajstić information content (AvgIpc) is 1.69. The summed E-state index contributed by atoms with van der Waals surface area (Å²) in [6.45, 7) is 12.6. The van der Waals surface area contributed by atoms with Crippen LogP contribution < -0.4 is 0 Å². The van der Waals surface area contributed by atoms with E-state index in [4.69, 9.17) is 6.57 Å². The summed E-state index contributed by atoms with van der Waals surface area (Å²) in [6.07, 6.45) is 2.60. The minimum Gasteiger partial charge on any atom is -0.464 e. The third-order valence-corrected chi connectivity index (χ3v) is 0.204. The topological polar surface area (TPSA) is 4.36 Å². The molecule has 0 saturated heterocycles. The van der Waals surface area contributed by atoms with E-state index in [9.17, 15) is 0 Å². The van der Waals surface area contributed by atoms with Gasteiger partial charge in [0, 0.05) is 0 Å². The van der Waals surface area contributed by atoms with E-state index < -0.39 is 0 Å².